The fourth-order valence-corrected chi connectivity index (χ4v) is 5.39. The van der Waals surface area contributed by atoms with Crippen molar-refractivity contribution in [3.63, 3.8) is 0 Å². The zero-order valence-electron chi connectivity index (χ0n) is 15.4. The molecule has 1 amide bonds. The number of benzene rings is 1. The molecule has 0 radical (unpaired) electrons. The zero-order valence-corrected chi connectivity index (χ0v) is 17.1. The lowest BCUT2D eigenvalue weighted by Crippen LogP contribution is -2.61. The molecule has 0 saturated carbocycles. The molecule has 6 nitrogen and oxygen atoms in total. The summed E-state index contributed by atoms with van der Waals surface area (Å²) in [6, 6.07) is 7.10. The highest BCUT2D eigenvalue weighted by atomic mass is 35.5. The number of likely N-dealkylation sites (N-methyl/N-ethyl adjacent to an activating group) is 1. The van der Waals surface area contributed by atoms with Gasteiger partial charge in [0.15, 0.2) is 11.5 Å². The van der Waals surface area contributed by atoms with Gasteiger partial charge in [-0.15, -0.1) is 24.8 Å². The monoisotopic (exact) mass is 415 g/mol. The summed E-state index contributed by atoms with van der Waals surface area (Å²) < 4.78 is 11.0. The third-order valence-corrected chi connectivity index (χ3v) is 6.47. The summed E-state index contributed by atoms with van der Waals surface area (Å²) in [7, 11) is 1.84. The number of carbonyl (C=O) groups is 1. The summed E-state index contributed by atoms with van der Waals surface area (Å²) in [6.07, 6.45) is 2.44. The Morgan fingerprint density at radius 3 is 2.63 bits per heavy atom. The molecule has 150 valence electrons. The van der Waals surface area contributed by atoms with E-state index in [0.29, 0.717) is 37.3 Å². The summed E-state index contributed by atoms with van der Waals surface area (Å²) in [5, 5.41) is 3.03. The predicted octanol–water partition coefficient (Wildman–Crippen LogP) is 1.87. The third kappa shape index (κ3) is 3.27. The van der Waals surface area contributed by atoms with Crippen molar-refractivity contribution in [1.82, 2.24) is 15.1 Å². The van der Waals surface area contributed by atoms with Crippen molar-refractivity contribution in [2.75, 3.05) is 40.0 Å². The van der Waals surface area contributed by atoms with Gasteiger partial charge in [0.2, 0.25) is 12.7 Å². The molecule has 1 aromatic rings. The number of piperidine rings is 3. The highest BCUT2D eigenvalue weighted by Gasteiger charge is 2.54. The first-order chi connectivity index (χ1) is 12.3. The van der Waals surface area contributed by atoms with Crippen LogP contribution in [0, 0.1) is 5.92 Å². The molecule has 5 aliphatic heterocycles. The van der Waals surface area contributed by atoms with E-state index in [1.54, 1.807) is 0 Å². The summed E-state index contributed by atoms with van der Waals surface area (Å²) in [5.41, 5.74) is 1.27. The SMILES string of the molecule is CNCC(=O)N1C[C@@H](c2ccc3c(c2)OCO3)[C@@H]2[C@H]1C1CCN2CC1.Cl.Cl. The zero-order chi connectivity index (χ0) is 17.0. The largest absolute Gasteiger partial charge is 0.454 e. The summed E-state index contributed by atoms with van der Waals surface area (Å²) in [6.45, 7) is 3.87. The number of nitrogens with zero attached hydrogens (tertiary/aromatic N) is 2. The smallest absolute Gasteiger partial charge is 0.236 e. The van der Waals surface area contributed by atoms with Crippen molar-refractivity contribution in [3.05, 3.63) is 23.8 Å². The van der Waals surface area contributed by atoms with E-state index < -0.39 is 0 Å². The minimum Gasteiger partial charge on any atom is -0.454 e. The first-order valence-corrected chi connectivity index (χ1v) is 9.34. The highest BCUT2D eigenvalue weighted by molar-refractivity contribution is 5.85. The Morgan fingerprint density at radius 2 is 1.89 bits per heavy atom. The van der Waals surface area contributed by atoms with Crippen LogP contribution in [-0.4, -0.2) is 67.8 Å². The molecule has 0 unspecified atom stereocenters. The van der Waals surface area contributed by atoms with Crippen LogP contribution in [0.4, 0.5) is 0 Å². The normalized spacial score (nSPS) is 32.5. The Hall–Kier alpha value is -1.21. The molecule has 0 aliphatic carbocycles. The van der Waals surface area contributed by atoms with Crippen LogP contribution in [0.2, 0.25) is 0 Å². The quantitative estimate of drug-likeness (QED) is 0.816. The lowest BCUT2D eigenvalue weighted by molar-refractivity contribution is -0.134. The second-order valence-corrected chi connectivity index (χ2v) is 7.65. The molecule has 5 heterocycles. The summed E-state index contributed by atoms with van der Waals surface area (Å²) in [4.78, 5) is 17.5. The summed E-state index contributed by atoms with van der Waals surface area (Å²) in [5.74, 6) is 2.89. The number of carbonyl (C=O) groups excluding carboxylic acids is 1. The maximum Gasteiger partial charge on any atom is 0.236 e. The molecular weight excluding hydrogens is 389 g/mol. The Labute approximate surface area is 172 Å². The van der Waals surface area contributed by atoms with Crippen LogP contribution in [0.3, 0.4) is 0 Å². The van der Waals surface area contributed by atoms with E-state index in [0.717, 1.165) is 18.0 Å². The second kappa shape index (κ2) is 8.03. The number of hydrogen-bond donors (Lipinski definition) is 1. The minimum absolute atomic E-state index is 0. The number of fused-ring (bicyclic) bond motifs is 3. The van der Waals surface area contributed by atoms with Crippen LogP contribution in [0.25, 0.3) is 0 Å². The van der Waals surface area contributed by atoms with Crippen molar-refractivity contribution in [2.24, 2.45) is 5.92 Å². The lowest BCUT2D eigenvalue weighted by Gasteiger charge is -2.51. The maximum atomic E-state index is 12.7. The maximum absolute atomic E-state index is 12.7. The van der Waals surface area contributed by atoms with Gasteiger partial charge < -0.3 is 19.7 Å². The molecule has 3 atom stereocenters. The Bertz CT molecular complexity index is 697. The van der Waals surface area contributed by atoms with E-state index in [4.69, 9.17) is 9.47 Å². The number of halogens is 2. The predicted molar refractivity (Wildman–Crippen MR) is 107 cm³/mol. The van der Waals surface area contributed by atoms with Gasteiger partial charge in [-0.05, 0) is 56.6 Å². The average molecular weight is 416 g/mol. The summed E-state index contributed by atoms with van der Waals surface area (Å²) >= 11 is 0. The highest BCUT2D eigenvalue weighted by Crippen LogP contribution is 2.47. The van der Waals surface area contributed by atoms with Gasteiger partial charge in [0.1, 0.15) is 0 Å². The molecule has 27 heavy (non-hydrogen) atoms. The van der Waals surface area contributed by atoms with Gasteiger partial charge in [0.25, 0.3) is 0 Å². The van der Waals surface area contributed by atoms with E-state index in [2.05, 4.69) is 27.2 Å². The molecule has 2 bridgehead atoms. The fraction of sp³-hybridized carbons (Fsp3) is 0.632. The van der Waals surface area contributed by atoms with Gasteiger partial charge in [-0.25, -0.2) is 0 Å². The third-order valence-electron chi connectivity index (χ3n) is 6.47. The first-order valence-electron chi connectivity index (χ1n) is 9.34. The number of rotatable bonds is 3. The molecule has 1 aromatic carbocycles. The Kier molecular flexibility index (Phi) is 6.11. The fourth-order valence-electron chi connectivity index (χ4n) is 5.39. The van der Waals surface area contributed by atoms with E-state index in [9.17, 15) is 4.79 Å². The van der Waals surface area contributed by atoms with Gasteiger partial charge >= 0.3 is 0 Å². The molecule has 1 N–H and O–H groups in total. The first kappa shape index (κ1) is 20.5. The second-order valence-electron chi connectivity index (χ2n) is 7.65. The van der Waals surface area contributed by atoms with E-state index in [1.165, 1.54) is 31.5 Å². The van der Waals surface area contributed by atoms with Gasteiger partial charge in [0, 0.05) is 18.5 Å². The number of likely N-dealkylation sites (tertiary alicyclic amines) is 1. The topological polar surface area (TPSA) is 54.0 Å². The number of hydrogen-bond acceptors (Lipinski definition) is 5. The minimum atomic E-state index is 0. The van der Waals surface area contributed by atoms with Gasteiger partial charge in [-0.3, -0.25) is 9.69 Å². The Morgan fingerprint density at radius 1 is 1.15 bits per heavy atom. The molecule has 5 aliphatic rings. The lowest BCUT2D eigenvalue weighted by atomic mass is 9.75. The Balaban J connectivity index is 0.00000105. The van der Waals surface area contributed by atoms with Crippen molar-refractivity contribution in [2.45, 2.75) is 30.8 Å². The van der Waals surface area contributed by atoms with Gasteiger partial charge in [-0.2, -0.15) is 0 Å². The van der Waals surface area contributed by atoms with Crippen LogP contribution in [0.1, 0.15) is 24.3 Å². The van der Waals surface area contributed by atoms with Crippen LogP contribution < -0.4 is 14.8 Å². The van der Waals surface area contributed by atoms with Crippen molar-refractivity contribution in [3.8, 4) is 11.5 Å². The number of nitrogens with one attached hydrogen (secondary N) is 1. The van der Waals surface area contributed by atoms with Crippen molar-refractivity contribution in [1.29, 1.82) is 0 Å². The van der Waals surface area contributed by atoms with Gasteiger partial charge in [-0.1, -0.05) is 6.07 Å². The van der Waals surface area contributed by atoms with Crippen molar-refractivity contribution < 1.29 is 14.3 Å². The molecular formula is C19H27Cl2N3O3. The van der Waals surface area contributed by atoms with Crippen molar-refractivity contribution >= 4 is 30.7 Å². The number of amides is 1. The molecule has 4 fully saturated rings. The standard InChI is InChI=1S/C19H25N3O3.2ClH/c1-20-9-17(23)22-10-14(13-2-3-15-16(8-13)25-11-24-15)19-18(22)12-4-6-21(19)7-5-12;;/h2-3,8,12,14,18-20H,4-7,9-11H2,1H3;2*1H/t14-,18+,19+;;/m0../s1. The average Bonchev–Trinajstić information content (AvgIpc) is 3.28. The van der Waals surface area contributed by atoms with E-state index >= 15 is 0 Å². The van der Waals surface area contributed by atoms with Gasteiger partial charge in [0.05, 0.1) is 12.6 Å². The van der Waals surface area contributed by atoms with E-state index in [-0.39, 0.29) is 30.7 Å². The molecule has 8 heteroatoms. The van der Waals surface area contributed by atoms with Crippen LogP contribution in [0.15, 0.2) is 18.2 Å². The molecule has 0 spiro atoms. The molecule has 4 saturated heterocycles. The van der Waals surface area contributed by atoms with Crippen LogP contribution in [-0.2, 0) is 4.79 Å². The number of ether oxygens (including phenoxy) is 2. The molecule has 0 aromatic heterocycles. The van der Waals surface area contributed by atoms with E-state index in [1.807, 2.05) is 13.1 Å². The molecule has 6 rings (SSSR count). The van der Waals surface area contributed by atoms with Crippen LogP contribution in [0.5, 0.6) is 11.5 Å². The van der Waals surface area contributed by atoms with Crippen LogP contribution >= 0.6 is 24.8 Å².